The molecule has 0 aliphatic heterocycles. The molecular formula is C18H19ClN4O2S2. The van der Waals surface area contributed by atoms with Crippen LogP contribution < -0.4 is 15.8 Å². The van der Waals surface area contributed by atoms with Crippen molar-refractivity contribution in [2.45, 2.75) is 39.2 Å². The van der Waals surface area contributed by atoms with Gasteiger partial charge in [0.2, 0.25) is 5.88 Å². The van der Waals surface area contributed by atoms with Gasteiger partial charge in [0.05, 0.1) is 23.5 Å². The zero-order valence-electron chi connectivity index (χ0n) is 15.0. The maximum Gasteiger partial charge on any atom is 0.263 e. The van der Waals surface area contributed by atoms with Crippen LogP contribution in [-0.2, 0) is 6.42 Å². The van der Waals surface area contributed by atoms with E-state index in [2.05, 4.69) is 15.3 Å². The summed E-state index contributed by atoms with van der Waals surface area (Å²) in [7, 11) is 0. The van der Waals surface area contributed by atoms with Crippen LogP contribution in [0.4, 0.5) is 5.69 Å². The number of nitrogens with two attached hydrogens (primary N) is 1. The van der Waals surface area contributed by atoms with Gasteiger partial charge in [0, 0.05) is 22.7 Å². The third-order valence-electron chi connectivity index (χ3n) is 4.55. The lowest BCUT2D eigenvalue weighted by Gasteiger charge is -2.09. The van der Waals surface area contributed by atoms with Crippen LogP contribution in [0.3, 0.4) is 0 Å². The van der Waals surface area contributed by atoms with Gasteiger partial charge in [-0.25, -0.2) is 9.97 Å². The van der Waals surface area contributed by atoms with Crippen LogP contribution in [0.2, 0.25) is 5.02 Å². The number of rotatable bonds is 6. The minimum Gasteiger partial charge on any atom is -0.476 e. The number of hydrogen-bond acceptors (Lipinski definition) is 7. The number of pyridine rings is 1. The van der Waals surface area contributed by atoms with Crippen molar-refractivity contribution < 1.29 is 9.53 Å². The van der Waals surface area contributed by atoms with Crippen LogP contribution in [0, 0.1) is 13.8 Å². The van der Waals surface area contributed by atoms with Crippen molar-refractivity contribution in [1.29, 1.82) is 0 Å². The monoisotopic (exact) mass is 422 g/mol. The number of aromatic nitrogens is 2. The van der Waals surface area contributed by atoms with E-state index < -0.39 is 0 Å². The lowest BCUT2D eigenvalue weighted by molar-refractivity contribution is 0.0956. The number of aryl methyl sites for hydroxylation is 2. The summed E-state index contributed by atoms with van der Waals surface area (Å²) in [5.41, 5.74) is 10.3. The number of nitrogens with zero attached hydrogens (tertiary/aromatic N) is 2. The van der Waals surface area contributed by atoms with Gasteiger partial charge in [-0.15, -0.1) is 22.7 Å². The number of carbonyl (C=O) groups excluding carboxylic acids is 1. The molecule has 0 aromatic carbocycles. The minimum atomic E-state index is -0.142. The molecule has 1 fully saturated rings. The number of thiophene rings is 1. The first-order valence-corrected chi connectivity index (χ1v) is 10.7. The predicted octanol–water partition coefficient (Wildman–Crippen LogP) is 4.12. The zero-order chi connectivity index (χ0) is 19.1. The lowest BCUT2D eigenvalue weighted by Crippen LogP contribution is -2.25. The highest BCUT2D eigenvalue weighted by Gasteiger charge is 2.27. The third kappa shape index (κ3) is 3.61. The first kappa shape index (κ1) is 18.5. The summed E-state index contributed by atoms with van der Waals surface area (Å²) in [6, 6.07) is 0.272. The van der Waals surface area contributed by atoms with Gasteiger partial charge in [-0.2, -0.15) is 0 Å². The quantitative estimate of drug-likeness (QED) is 0.623. The van der Waals surface area contributed by atoms with Crippen molar-refractivity contribution >= 4 is 56.1 Å². The molecule has 9 heteroatoms. The van der Waals surface area contributed by atoms with Gasteiger partial charge in [0.15, 0.2) is 0 Å². The molecule has 0 bridgehead atoms. The second-order valence-electron chi connectivity index (χ2n) is 6.59. The molecule has 6 nitrogen and oxygen atoms in total. The number of hydrogen-bond donors (Lipinski definition) is 2. The molecule has 1 amide bonds. The second kappa shape index (κ2) is 7.26. The number of halogens is 1. The fraction of sp³-hybridized carbons (Fsp3) is 0.389. The Hall–Kier alpha value is -1.90. The summed E-state index contributed by atoms with van der Waals surface area (Å²) in [4.78, 5) is 23.5. The minimum absolute atomic E-state index is 0.142. The Morgan fingerprint density at radius 1 is 1.44 bits per heavy atom. The maximum absolute atomic E-state index is 12.4. The van der Waals surface area contributed by atoms with E-state index in [-0.39, 0.29) is 11.9 Å². The standard InChI is InChI=1S/C18H19ClN4O2S2/c1-8-12-14(20)15(16(24)22-10-3-4-10)27-18(12)23-17(13(8)19)25-6-5-11-9(2)21-7-26-11/h7,10H,3-6,20H2,1-2H3,(H,22,24). The number of nitrogens with one attached hydrogen (secondary N) is 1. The number of carbonyl (C=O) groups is 1. The van der Waals surface area contributed by atoms with E-state index in [4.69, 9.17) is 22.1 Å². The summed E-state index contributed by atoms with van der Waals surface area (Å²) >= 11 is 9.36. The largest absolute Gasteiger partial charge is 0.476 e. The van der Waals surface area contributed by atoms with Crippen molar-refractivity contribution in [3.05, 3.63) is 31.5 Å². The molecule has 27 heavy (non-hydrogen) atoms. The van der Waals surface area contributed by atoms with Crippen molar-refractivity contribution in [3.63, 3.8) is 0 Å². The van der Waals surface area contributed by atoms with Crippen molar-refractivity contribution in [3.8, 4) is 5.88 Å². The van der Waals surface area contributed by atoms with Crippen LogP contribution in [-0.4, -0.2) is 28.5 Å². The molecule has 3 aromatic heterocycles. The van der Waals surface area contributed by atoms with Gasteiger partial charge in [-0.3, -0.25) is 4.79 Å². The van der Waals surface area contributed by atoms with Crippen molar-refractivity contribution in [2.24, 2.45) is 0 Å². The lowest BCUT2D eigenvalue weighted by atomic mass is 10.1. The van der Waals surface area contributed by atoms with Gasteiger partial charge < -0.3 is 15.8 Å². The molecule has 4 rings (SSSR count). The van der Waals surface area contributed by atoms with Crippen molar-refractivity contribution in [1.82, 2.24) is 15.3 Å². The Morgan fingerprint density at radius 3 is 2.89 bits per heavy atom. The molecule has 0 spiro atoms. The SMILES string of the molecule is Cc1ncsc1CCOc1nc2sc(C(=O)NC3CC3)c(N)c2c(C)c1Cl. The number of ether oxygens (including phenoxy) is 1. The number of fused-ring (bicyclic) bond motifs is 1. The molecule has 3 N–H and O–H groups in total. The fourth-order valence-corrected chi connectivity index (χ4v) is 4.84. The topological polar surface area (TPSA) is 90.1 Å². The Bertz CT molecular complexity index is 1030. The first-order chi connectivity index (χ1) is 13.0. The van der Waals surface area contributed by atoms with Crippen LogP contribution in [0.1, 0.15) is 38.6 Å². The third-order valence-corrected chi connectivity index (χ3v) is 7.09. The van der Waals surface area contributed by atoms with Gasteiger partial charge in [-0.1, -0.05) is 11.6 Å². The van der Waals surface area contributed by atoms with E-state index in [1.807, 2.05) is 19.4 Å². The molecule has 3 heterocycles. The maximum atomic E-state index is 12.4. The normalized spacial score (nSPS) is 13.9. The number of nitrogen functional groups attached to an aromatic ring is 1. The Labute approximate surface area is 169 Å². The van der Waals surface area contributed by atoms with Gasteiger partial charge >= 0.3 is 0 Å². The van der Waals surface area contributed by atoms with E-state index in [1.54, 1.807) is 11.3 Å². The van der Waals surface area contributed by atoms with Gasteiger partial charge in [0.25, 0.3) is 5.91 Å². The zero-order valence-corrected chi connectivity index (χ0v) is 17.4. The molecular weight excluding hydrogens is 404 g/mol. The molecule has 1 aliphatic rings. The van der Waals surface area contributed by atoms with Gasteiger partial charge in [-0.05, 0) is 32.3 Å². The molecule has 1 aliphatic carbocycles. The molecule has 1 saturated carbocycles. The van der Waals surface area contributed by atoms with E-state index in [9.17, 15) is 4.79 Å². The number of amides is 1. The van der Waals surface area contributed by atoms with Crippen molar-refractivity contribution in [2.75, 3.05) is 12.3 Å². The Morgan fingerprint density at radius 2 is 2.22 bits per heavy atom. The smallest absolute Gasteiger partial charge is 0.263 e. The van der Waals surface area contributed by atoms with E-state index in [0.29, 0.717) is 32.9 Å². The highest BCUT2D eigenvalue weighted by atomic mass is 35.5. The highest BCUT2D eigenvalue weighted by molar-refractivity contribution is 7.21. The van der Waals surface area contributed by atoms with Crippen LogP contribution in [0.25, 0.3) is 10.2 Å². The van der Waals surface area contributed by atoms with Gasteiger partial charge in [0.1, 0.15) is 14.7 Å². The molecule has 142 valence electrons. The predicted molar refractivity (Wildman–Crippen MR) is 110 cm³/mol. The Kier molecular flexibility index (Phi) is 4.96. The molecule has 0 saturated heterocycles. The van der Waals surface area contributed by atoms with Crippen LogP contribution in [0.15, 0.2) is 5.51 Å². The summed E-state index contributed by atoms with van der Waals surface area (Å²) in [5.74, 6) is 0.232. The fourth-order valence-electron chi connectivity index (χ4n) is 2.83. The molecule has 0 unspecified atom stereocenters. The average molecular weight is 423 g/mol. The molecule has 0 atom stereocenters. The van der Waals surface area contributed by atoms with E-state index >= 15 is 0 Å². The molecule has 0 radical (unpaired) electrons. The summed E-state index contributed by atoms with van der Waals surface area (Å²) in [6.45, 7) is 4.31. The highest BCUT2D eigenvalue weighted by Crippen LogP contribution is 2.41. The molecule has 3 aromatic rings. The summed E-state index contributed by atoms with van der Waals surface area (Å²) in [5, 5.41) is 4.14. The van der Waals surface area contributed by atoms with Crippen LogP contribution in [0.5, 0.6) is 5.88 Å². The summed E-state index contributed by atoms with van der Waals surface area (Å²) in [6.07, 6.45) is 2.79. The first-order valence-electron chi connectivity index (χ1n) is 8.66. The van der Waals surface area contributed by atoms with Crippen LogP contribution >= 0.6 is 34.3 Å². The number of thiazole rings is 1. The van der Waals surface area contributed by atoms with E-state index in [1.165, 1.54) is 16.2 Å². The number of anilines is 1. The summed E-state index contributed by atoms with van der Waals surface area (Å²) < 4.78 is 5.84. The average Bonchev–Trinajstić information content (AvgIpc) is 3.26. The Balaban J connectivity index is 1.59. The van der Waals surface area contributed by atoms with E-state index in [0.717, 1.165) is 35.9 Å². The second-order valence-corrected chi connectivity index (χ2v) is 8.90.